The van der Waals surface area contributed by atoms with Gasteiger partial charge >= 0.3 is 5.97 Å². The van der Waals surface area contributed by atoms with Gasteiger partial charge < -0.3 is 19.3 Å². The van der Waals surface area contributed by atoms with Crippen LogP contribution in [0.25, 0.3) is 0 Å². The van der Waals surface area contributed by atoms with E-state index in [1.54, 1.807) is 32.0 Å². The third-order valence-electron chi connectivity index (χ3n) is 2.51. The van der Waals surface area contributed by atoms with Crippen molar-refractivity contribution in [3.05, 3.63) is 23.8 Å². The fourth-order valence-electron chi connectivity index (χ4n) is 1.45. The number of aliphatic hydroxyl groups excluding tert-OH is 1. The van der Waals surface area contributed by atoms with E-state index in [0.29, 0.717) is 17.1 Å². The number of hydrogen-bond acceptors (Lipinski definition) is 5. The molecule has 100 valence electrons. The van der Waals surface area contributed by atoms with Crippen molar-refractivity contribution in [1.82, 2.24) is 0 Å². The molecule has 0 aromatic heterocycles. The first-order chi connectivity index (χ1) is 8.49. The Morgan fingerprint density at radius 2 is 1.89 bits per heavy atom. The van der Waals surface area contributed by atoms with Crippen molar-refractivity contribution in [2.75, 3.05) is 14.2 Å². The van der Waals surface area contributed by atoms with Crippen molar-refractivity contribution in [1.29, 1.82) is 0 Å². The quantitative estimate of drug-likeness (QED) is 0.810. The molecule has 0 aliphatic carbocycles. The third kappa shape index (κ3) is 3.37. The lowest BCUT2D eigenvalue weighted by Crippen LogP contribution is -2.25. The van der Waals surface area contributed by atoms with Gasteiger partial charge in [-0.15, -0.1) is 0 Å². The Hall–Kier alpha value is -1.75. The number of aliphatic hydroxyl groups is 1. The Labute approximate surface area is 106 Å². The van der Waals surface area contributed by atoms with Crippen molar-refractivity contribution in [2.45, 2.75) is 26.1 Å². The predicted molar refractivity (Wildman–Crippen MR) is 65.7 cm³/mol. The van der Waals surface area contributed by atoms with Crippen molar-refractivity contribution < 1.29 is 24.1 Å². The van der Waals surface area contributed by atoms with Gasteiger partial charge in [0.15, 0.2) is 17.6 Å². The molecule has 0 spiro atoms. The summed E-state index contributed by atoms with van der Waals surface area (Å²) in [5.41, 5.74) is 0.713. The highest BCUT2D eigenvalue weighted by Gasteiger charge is 2.17. The van der Waals surface area contributed by atoms with E-state index in [1.165, 1.54) is 14.2 Å². The van der Waals surface area contributed by atoms with E-state index in [0.717, 1.165) is 0 Å². The average Bonchev–Trinajstić information content (AvgIpc) is 2.37. The maximum atomic E-state index is 11.3. The maximum Gasteiger partial charge on any atom is 0.346 e. The fraction of sp³-hybridized carbons (Fsp3) is 0.462. The first-order valence-corrected chi connectivity index (χ1v) is 5.60. The second kappa shape index (κ2) is 6.26. The SMILES string of the molecule is COC(=O)C(C)Oc1ccc([C@H](C)O)cc1OC. The lowest BCUT2D eigenvalue weighted by atomic mass is 10.1. The number of methoxy groups -OCH3 is 2. The molecular formula is C13H18O5. The fourth-order valence-corrected chi connectivity index (χ4v) is 1.45. The van der Waals surface area contributed by atoms with Crippen LogP contribution >= 0.6 is 0 Å². The highest BCUT2D eigenvalue weighted by molar-refractivity contribution is 5.74. The molecule has 0 fully saturated rings. The second-order valence-electron chi connectivity index (χ2n) is 3.87. The summed E-state index contributed by atoms with van der Waals surface area (Å²) in [6, 6.07) is 5.04. The summed E-state index contributed by atoms with van der Waals surface area (Å²) in [6.45, 7) is 3.25. The summed E-state index contributed by atoms with van der Waals surface area (Å²) in [5.74, 6) is 0.431. The average molecular weight is 254 g/mol. The van der Waals surface area contributed by atoms with Gasteiger partial charge in [-0.1, -0.05) is 6.07 Å². The minimum absolute atomic E-state index is 0.430. The number of benzene rings is 1. The Bertz CT molecular complexity index is 414. The van der Waals surface area contributed by atoms with Gasteiger partial charge in [-0.25, -0.2) is 4.79 Å². The van der Waals surface area contributed by atoms with Crippen LogP contribution in [-0.4, -0.2) is 31.4 Å². The molecule has 2 atom stereocenters. The first-order valence-electron chi connectivity index (χ1n) is 5.60. The van der Waals surface area contributed by atoms with Crippen molar-refractivity contribution in [3.63, 3.8) is 0 Å². The number of carbonyl (C=O) groups is 1. The Morgan fingerprint density at radius 3 is 2.39 bits per heavy atom. The van der Waals surface area contributed by atoms with E-state index in [4.69, 9.17) is 9.47 Å². The highest BCUT2D eigenvalue weighted by Crippen LogP contribution is 2.31. The Balaban J connectivity index is 2.92. The van der Waals surface area contributed by atoms with Crippen LogP contribution in [0.4, 0.5) is 0 Å². The van der Waals surface area contributed by atoms with Gasteiger partial charge in [0.1, 0.15) is 0 Å². The van der Waals surface area contributed by atoms with Gasteiger partial charge in [0.25, 0.3) is 0 Å². The zero-order valence-corrected chi connectivity index (χ0v) is 11.0. The molecular weight excluding hydrogens is 236 g/mol. The zero-order chi connectivity index (χ0) is 13.7. The summed E-state index contributed by atoms with van der Waals surface area (Å²) in [4.78, 5) is 11.3. The molecule has 0 bridgehead atoms. The van der Waals surface area contributed by atoms with E-state index in [9.17, 15) is 9.90 Å². The van der Waals surface area contributed by atoms with Gasteiger partial charge in [0.2, 0.25) is 0 Å². The molecule has 0 heterocycles. The first kappa shape index (κ1) is 14.3. The van der Waals surface area contributed by atoms with Gasteiger partial charge in [0, 0.05) is 0 Å². The smallest absolute Gasteiger partial charge is 0.346 e. The van der Waals surface area contributed by atoms with E-state index in [1.807, 2.05) is 0 Å². The lowest BCUT2D eigenvalue weighted by Gasteiger charge is -2.16. The number of rotatable bonds is 5. The molecule has 1 rings (SSSR count). The molecule has 1 aromatic rings. The predicted octanol–water partition coefficient (Wildman–Crippen LogP) is 1.69. The number of hydrogen-bond donors (Lipinski definition) is 1. The molecule has 0 aliphatic heterocycles. The second-order valence-corrected chi connectivity index (χ2v) is 3.87. The molecule has 18 heavy (non-hydrogen) atoms. The largest absolute Gasteiger partial charge is 0.493 e. The molecule has 0 saturated heterocycles. The van der Waals surface area contributed by atoms with Gasteiger partial charge in [-0.05, 0) is 31.5 Å². The molecule has 0 amide bonds. The monoisotopic (exact) mass is 254 g/mol. The number of carbonyl (C=O) groups excluding carboxylic acids is 1. The van der Waals surface area contributed by atoms with E-state index in [2.05, 4.69) is 4.74 Å². The summed E-state index contributed by atoms with van der Waals surface area (Å²) >= 11 is 0. The zero-order valence-electron chi connectivity index (χ0n) is 11.0. The molecule has 0 radical (unpaired) electrons. The van der Waals surface area contributed by atoms with E-state index in [-0.39, 0.29) is 0 Å². The normalized spacial score (nSPS) is 13.6. The summed E-state index contributed by atoms with van der Waals surface area (Å²) in [7, 11) is 2.80. The molecule has 1 unspecified atom stereocenters. The number of ether oxygens (including phenoxy) is 3. The summed E-state index contributed by atoms with van der Waals surface area (Å²) < 4.78 is 15.2. The van der Waals surface area contributed by atoms with Gasteiger partial charge in [0.05, 0.1) is 20.3 Å². The Kier molecular flexibility index (Phi) is 4.97. The topological polar surface area (TPSA) is 65.0 Å². The van der Waals surface area contributed by atoms with Gasteiger partial charge in [-0.3, -0.25) is 0 Å². The van der Waals surface area contributed by atoms with Crippen LogP contribution in [0.1, 0.15) is 25.5 Å². The number of esters is 1. The van der Waals surface area contributed by atoms with E-state index < -0.39 is 18.2 Å². The van der Waals surface area contributed by atoms with Crippen LogP contribution in [0, 0.1) is 0 Å². The summed E-state index contributed by atoms with van der Waals surface area (Å²) in [5, 5.41) is 9.47. The minimum Gasteiger partial charge on any atom is -0.493 e. The van der Waals surface area contributed by atoms with Crippen molar-refractivity contribution in [3.8, 4) is 11.5 Å². The highest BCUT2D eigenvalue weighted by atomic mass is 16.6. The molecule has 1 N–H and O–H groups in total. The molecule has 0 saturated carbocycles. The Morgan fingerprint density at radius 1 is 1.22 bits per heavy atom. The van der Waals surface area contributed by atoms with Gasteiger partial charge in [-0.2, -0.15) is 0 Å². The lowest BCUT2D eigenvalue weighted by molar-refractivity contribution is -0.147. The van der Waals surface area contributed by atoms with Crippen LogP contribution in [0.2, 0.25) is 0 Å². The third-order valence-corrected chi connectivity index (χ3v) is 2.51. The maximum absolute atomic E-state index is 11.3. The van der Waals surface area contributed by atoms with Crippen LogP contribution in [0.5, 0.6) is 11.5 Å². The van der Waals surface area contributed by atoms with Crippen LogP contribution in [-0.2, 0) is 9.53 Å². The van der Waals surface area contributed by atoms with E-state index >= 15 is 0 Å². The molecule has 5 heteroatoms. The van der Waals surface area contributed by atoms with Crippen LogP contribution in [0.15, 0.2) is 18.2 Å². The van der Waals surface area contributed by atoms with Crippen molar-refractivity contribution >= 4 is 5.97 Å². The standard InChI is InChI=1S/C13H18O5/c1-8(14)10-5-6-11(12(7-10)16-3)18-9(2)13(15)17-4/h5-9,14H,1-4H3/t8-,9?/m0/s1. The molecule has 0 aliphatic rings. The molecule has 5 nitrogen and oxygen atoms in total. The van der Waals surface area contributed by atoms with Crippen LogP contribution in [0.3, 0.4) is 0 Å². The van der Waals surface area contributed by atoms with Crippen molar-refractivity contribution in [2.24, 2.45) is 0 Å². The molecule has 1 aromatic carbocycles. The minimum atomic E-state index is -0.721. The summed E-state index contributed by atoms with van der Waals surface area (Å²) in [6.07, 6.45) is -1.31. The van der Waals surface area contributed by atoms with Crippen LogP contribution < -0.4 is 9.47 Å².